The molecule has 0 bridgehead atoms. The molecule has 0 radical (unpaired) electrons. The van der Waals surface area contributed by atoms with Crippen LogP contribution in [0.1, 0.15) is 21.5 Å². The number of fused-ring (bicyclic) bond motifs is 1. The summed E-state index contributed by atoms with van der Waals surface area (Å²) in [5.74, 6) is -1.72. The highest BCUT2D eigenvalue weighted by atomic mass is 32.1. The zero-order valence-electron chi connectivity index (χ0n) is 23.4. The fourth-order valence-electron chi connectivity index (χ4n) is 4.79. The van der Waals surface area contributed by atoms with E-state index in [1.807, 2.05) is 42.5 Å². The van der Waals surface area contributed by atoms with Crippen molar-refractivity contribution in [3.8, 4) is 26.3 Å². The number of carboxylic acid groups (broad SMARTS) is 1. The summed E-state index contributed by atoms with van der Waals surface area (Å²) in [4.78, 5) is 30.3. The van der Waals surface area contributed by atoms with Crippen molar-refractivity contribution in [3.63, 3.8) is 0 Å². The summed E-state index contributed by atoms with van der Waals surface area (Å²) in [5.41, 5.74) is 3.87. The second-order valence-electron chi connectivity index (χ2n) is 9.56. The number of carbonyl (C=O) groups excluding carboxylic acids is 1. The van der Waals surface area contributed by atoms with Crippen molar-refractivity contribution in [1.82, 2.24) is 0 Å². The van der Waals surface area contributed by atoms with Crippen LogP contribution in [-0.4, -0.2) is 23.7 Å². The van der Waals surface area contributed by atoms with Crippen molar-refractivity contribution < 1.29 is 19.4 Å². The number of benzene rings is 3. The molecular formula is C35H24N2O4S3. The molecule has 3 heterocycles. The van der Waals surface area contributed by atoms with E-state index in [4.69, 9.17) is 4.74 Å². The van der Waals surface area contributed by atoms with E-state index in [2.05, 4.69) is 59.5 Å². The number of nitriles is 1. The Hall–Kier alpha value is -5.01. The average Bonchev–Trinajstić information content (AvgIpc) is 3.78. The molecule has 216 valence electrons. The Labute approximate surface area is 266 Å². The van der Waals surface area contributed by atoms with Gasteiger partial charge in [-0.05, 0) is 73.2 Å². The van der Waals surface area contributed by atoms with Gasteiger partial charge in [0, 0.05) is 37.1 Å². The first kappa shape index (κ1) is 29.1. The number of ether oxygens (including phenoxy) is 1. The monoisotopic (exact) mass is 632 g/mol. The van der Waals surface area contributed by atoms with Crippen LogP contribution in [0, 0.1) is 11.3 Å². The number of carboxylic acids is 1. The molecule has 0 atom stereocenters. The SMILES string of the molecule is CCOC(=O)c1cc2c(/C=C(/C#N)C(=O)O)sc(-c3ccc(-c4ccc(N(c5ccccc5)c5ccccc5)cc4)s3)c2s1. The lowest BCUT2D eigenvalue weighted by molar-refractivity contribution is -0.132. The first-order valence-corrected chi connectivity index (χ1v) is 16.1. The Bertz CT molecular complexity index is 1990. The number of nitrogens with zero attached hydrogens (tertiary/aromatic N) is 2. The molecule has 0 unspecified atom stereocenters. The van der Waals surface area contributed by atoms with Crippen molar-refractivity contribution >= 4 is 79.2 Å². The van der Waals surface area contributed by atoms with E-state index < -0.39 is 11.9 Å². The molecular weight excluding hydrogens is 609 g/mol. The molecule has 0 aliphatic heterocycles. The Balaban J connectivity index is 1.37. The number of anilines is 3. The fourth-order valence-corrected chi connectivity index (χ4v) is 8.44. The van der Waals surface area contributed by atoms with E-state index in [9.17, 15) is 20.0 Å². The second kappa shape index (κ2) is 12.7. The van der Waals surface area contributed by atoms with Crippen LogP contribution < -0.4 is 4.90 Å². The summed E-state index contributed by atoms with van der Waals surface area (Å²) >= 11 is 4.34. The largest absolute Gasteiger partial charge is 0.477 e. The summed E-state index contributed by atoms with van der Waals surface area (Å²) in [6.07, 6.45) is 1.37. The van der Waals surface area contributed by atoms with Gasteiger partial charge in [-0.2, -0.15) is 5.26 Å². The zero-order valence-corrected chi connectivity index (χ0v) is 25.8. The van der Waals surface area contributed by atoms with Crippen LogP contribution >= 0.6 is 34.0 Å². The third-order valence-electron chi connectivity index (χ3n) is 6.79. The molecule has 44 heavy (non-hydrogen) atoms. The molecule has 3 aromatic carbocycles. The van der Waals surface area contributed by atoms with E-state index in [0.29, 0.717) is 9.75 Å². The minimum atomic E-state index is -1.30. The highest BCUT2D eigenvalue weighted by Crippen LogP contribution is 2.48. The lowest BCUT2D eigenvalue weighted by Gasteiger charge is -2.25. The molecule has 0 saturated carbocycles. The smallest absolute Gasteiger partial charge is 0.348 e. The third kappa shape index (κ3) is 5.79. The number of para-hydroxylation sites is 2. The zero-order chi connectivity index (χ0) is 30.6. The highest BCUT2D eigenvalue weighted by Gasteiger charge is 2.22. The maximum atomic E-state index is 12.5. The van der Waals surface area contributed by atoms with Crippen molar-refractivity contribution in [1.29, 1.82) is 5.26 Å². The molecule has 6 nitrogen and oxygen atoms in total. The van der Waals surface area contributed by atoms with Gasteiger partial charge in [-0.15, -0.1) is 34.0 Å². The standard InChI is InChI=1S/C35H24N2O4S3/c1-2-41-35(40)31-20-27-30(19-23(21-36)34(38)39)43-33(32(27)44-31)29-18-17-28(42-29)22-13-15-26(16-14-22)37(24-9-5-3-6-10-24)25-11-7-4-8-12-25/h3-20H,2H2,1H3,(H,38,39)/b23-19-. The molecule has 0 amide bonds. The number of carbonyl (C=O) groups is 2. The first-order valence-electron chi connectivity index (χ1n) is 13.7. The predicted octanol–water partition coefficient (Wildman–Crippen LogP) is 10.00. The van der Waals surface area contributed by atoms with E-state index in [0.717, 1.165) is 47.3 Å². The summed E-state index contributed by atoms with van der Waals surface area (Å²) in [7, 11) is 0. The van der Waals surface area contributed by atoms with Crippen molar-refractivity contribution in [2.24, 2.45) is 0 Å². The Morgan fingerprint density at radius 2 is 1.45 bits per heavy atom. The van der Waals surface area contributed by atoms with Crippen LogP contribution in [0.4, 0.5) is 17.1 Å². The highest BCUT2D eigenvalue weighted by molar-refractivity contribution is 7.30. The lowest BCUT2D eigenvalue weighted by atomic mass is 10.1. The topological polar surface area (TPSA) is 90.6 Å². The first-order chi connectivity index (χ1) is 21.5. The van der Waals surface area contributed by atoms with Gasteiger partial charge < -0.3 is 14.7 Å². The minimum Gasteiger partial charge on any atom is -0.477 e. The summed E-state index contributed by atoms with van der Waals surface area (Å²) < 4.78 is 6.07. The number of aliphatic carboxylic acids is 1. The average molecular weight is 633 g/mol. The van der Waals surface area contributed by atoms with Crippen LogP contribution in [0.5, 0.6) is 0 Å². The molecule has 3 aromatic heterocycles. The van der Waals surface area contributed by atoms with Gasteiger partial charge in [-0.3, -0.25) is 0 Å². The van der Waals surface area contributed by atoms with Gasteiger partial charge in [0.25, 0.3) is 0 Å². The molecule has 1 N–H and O–H groups in total. The van der Waals surface area contributed by atoms with Gasteiger partial charge in [-0.1, -0.05) is 48.5 Å². The fraction of sp³-hybridized carbons (Fsp3) is 0.0571. The van der Waals surface area contributed by atoms with Gasteiger partial charge >= 0.3 is 11.9 Å². The molecule has 0 saturated heterocycles. The lowest BCUT2D eigenvalue weighted by Crippen LogP contribution is -2.09. The molecule has 0 spiro atoms. The molecule has 6 aromatic rings. The maximum Gasteiger partial charge on any atom is 0.348 e. The van der Waals surface area contributed by atoms with Crippen LogP contribution in [0.15, 0.2) is 109 Å². The van der Waals surface area contributed by atoms with Crippen LogP contribution in [0.2, 0.25) is 0 Å². The number of rotatable bonds is 9. The van der Waals surface area contributed by atoms with E-state index >= 15 is 0 Å². The minimum absolute atomic E-state index is 0.252. The third-order valence-corrected chi connectivity index (χ3v) is 10.5. The second-order valence-corrected chi connectivity index (χ2v) is 12.7. The number of hydrogen-bond acceptors (Lipinski definition) is 8. The van der Waals surface area contributed by atoms with Crippen molar-refractivity contribution in [3.05, 3.63) is 118 Å². The van der Waals surface area contributed by atoms with Crippen LogP contribution in [-0.2, 0) is 9.53 Å². The molecule has 6 rings (SSSR count). The molecule has 9 heteroatoms. The van der Waals surface area contributed by atoms with Gasteiger partial charge in [0.05, 0.1) is 16.2 Å². The van der Waals surface area contributed by atoms with E-state index in [1.54, 1.807) is 30.4 Å². The van der Waals surface area contributed by atoms with Gasteiger partial charge in [0.2, 0.25) is 0 Å². The summed E-state index contributed by atoms with van der Waals surface area (Å²) in [5, 5.41) is 19.5. The predicted molar refractivity (Wildman–Crippen MR) is 180 cm³/mol. The van der Waals surface area contributed by atoms with Gasteiger partial charge in [-0.25, -0.2) is 9.59 Å². The number of hydrogen-bond donors (Lipinski definition) is 1. The quantitative estimate of drug-likeness (QED) is 0.0969. The maximum absolute atomic E-state index is 12.5. The Morgan fingerprint density at radius 3 is 2.05 bits per heavy atom. The normalized spacial score (nSPS) is 11.3. The number of esters is 1. The Morgan fingerprint density at radius 1 is 0.841 bits per heavy atom. The number of thiophene rings is 3. The van der Waals surface area contributed by atoms with E-state index in [1.165, 1.54) is 28.7 Å². The van der Waals surface area contributed by atoms with E-state index in [-0.39, 0.29) is 12.2 Å². The molecule has 0 aliphatic rings. The Kier molecular flexibility index (Phi) is 8.39. The summed E-state index contributed by atoms with van der Waals surface area (Å²) in [6.45, 7) is 2.00. The molecule has 0 aliphatic carbocycles. The van der Waals surface area contributed by atoms with Gasteiger partial charge in [0.1, 0.15) is 16.5 Å². The van der Waals surface area contributed by atoms with Gasteiger partial charge in [0.15, 0.2) is 0 Å². The van der Waals surface area contributed by atoms with Crippen LogP contribution in [0.3, 0.4) is 0 Å². The van der Waals surface area contributed by atoms with Crippen molar-refractivity contribution in [2.45, 2.75) is 6.92 Å². The van der Waals surface area contributed by atoms with Crippen molar-refractivity contribution in [2.75, 3.05) is 11.5 Å². The summed E-state index contributed by atoms with van der Waals surface area (Å²) in [6, 6.07) is 36.5. The molecule has 0 fully saturated rings. The van der Waals surface area contributed by atoms with Crippen LogP contribution in [0.25, 0.3) is 36.4 Å².